The number of carbonyl (C=O) groups is 1. The molecule has 1 N–H and O–H groups in total. The molecular weight excluding hydrogens is 398 g/mol. The lowest BCUT2D eigenvalue weighted by Crippen LogP contribution is -2.42. The smallest absolute Gasteiger partial charge is 0.225 e. The molecule has 30 heavy (non-hydrogen) atoms. The van der Waals surface area contributed by atoms with E-state index in [4.69, 9.17) is 14.5 Å². The summed E-state index contributed by atoms with van der Waals surface area (Å²) in [5.74, 6) is 1.77. The summed E-state index contributed by atoms with van der Waals surface area (Å²) in [6, 6.07) is 13.8. The summed E-state index contributed by atoms with van der Waals surface area (Å²) < 4.78 is 11.9. The normalized spacial score (nSPS) is 16.5. The standard InChI is InChI=1S/C23H27N3O3S/c1-3-29-19-10-11-20-21(13-19)30-23(25-20)26-12-4-5-17(15-26)22(27)24-14-16-6-8-18(28-2)9-7-16/h6-11,13,17H,3-5,12,14-15H2,1-2H3,(H,24,27)/t17-/m1/s1. The number of anilines is 1. The fraction of sp³-hybridized carbons (Fsp3) is 0.391. The molecule has 0 saturated carbocycles. The van der Waals surface area contributed by atoms with Crippen LogP contribution in [0, 0.1) is 5.92 Å². The lowest BCUT2D eigenvalue weighted by atomic mass is 9.97. The molecule has 0 aliphatic carbocycles. The number of benzene rings is 2. The molecule has 1 aliphatic rings. The molecule has 1 atom stereocenters. The molecule has 1 amide bonds. The highest BCUT2D eigenvalue weighted by atomic mass is 32.1. The van der Waals surface area contributed by atoms with Crippen LogP contribution in [0.15, 0.2) is 42.5 Å². The molecule has 7 heteroatoms. The first kappa shape index (κ1) is 20.5. The Balaban J connectivity index is 1.38. The van der Waals surface area contributed by atoms with Crippen LogP contribution in [0.3, 0.4) is 0 Å². The summed E-state index contributed by atoms with van der Waals surface area (Å²) >= 11 is 1.66. The van der Waals surface area contributed by atoms with Gasteiger partial charge in [-0.1, -0.05) is 23.5 Å². The number of piperidine rings is 1. The van der Waals surface area contributed by atoms with Crippen molar-refractivity contribution in [2.45, 2.75) is 26.3 Å². The van der Waals surface area contributed by atoms with E-state index in [9.17, 15) is 4.79 Å². The van der Waals surface area contributed by atoms with Crippen LogP contribution in [0.4, 0.5) is 5.13 Å². The Hall–Kier alpha value is -2.80. The third kappa shape index (κ3) is 4.67. The number of aromatic nitrogens is 1. The molecule has 1 saturated heterocycles. The summed E-state index contributed by atoms with van der Waals surface area (Å²) in [6.45, 7) is 4.79. The molecule has 1 fully saturated rings. The second kappa shape index (κ2) is 9.34. The molecule has 2 aromatic carbocycles. The van der Waals surface area contributed by atoms with Crippen molar-refractivity contribution in [2.75, 3.05) is 31.7 Å². The van der Waals surface area contributed by atoms with Crippen LogP contribution < -0.4 is 19.7 Å². The van der Waals surface area contributed by atoms with Crippen molar-refractivity contribution in [1.29, 1.82) is 0 Å². The van der Waals surface area contributed by atoms with Gasteiger partial charge in [-0.3, -0.25) is 4.79 Å². The highest BCUT2D eigenvalue weighted by Crippen LogP contribution is 2.33. The van der Waals surface area contributed by atoms with Crippen molar-refractivity contribution in [3.05, 3.63) is 48.0 Å². The van der Waals surface area contributed by atoms with Gasteiger partial charge in [0.25, 0.3) is 0 Å². The third-order valence-corrected chi connectivity index (χ3v) is 6.43. The molecule has 3 aromatic rings. The summed E-state index contributed by atoms with van der Waals surface area (Å²) in [4.78, 5) is 19.8. The van der Waals surface area contributed by atoms with Crippen LogP contribution in [0.25, 0.3) is 10.2 Å². The van der Waals surface area contributed by atoms with Gasteiger partial charge in [-0.05, 0) is 55.7 Å². The number of amides is 1. The zero-order valence-electron chi connectivity index (χ0n) is 17.4. The highest BCUT2D eigenvalue weighted by Gasteiger charge is 2.27. The number of hydrogen-bond acceptors (Lipinski definition) is 6. The number of fused-ring (bicyclic) bond motifs is 1. The van der Waals surface area contributed by atoms with Gasteiger partial charge >= 0.3 is 0 Å². The van der Waals surface area contributed by atoms with Crippen LogP contribution in [-0.2, 0) is 11.3 Å². The minimum atomic E-state index is -0.0250. The van der Waals surface area contributed by atoms with E-state index < -0.39 is 0 Å². The van der Waals surface area contributed by atoms with Gasteiger partial charge < -0.3 is 19.7 Å². The molecule has 1 aliphatic heterocycles. The fourth-order valence-corrected chi connectivity index (χ4v) is 4.76. The van der Waals surface area contributed by atoms with Crippen molar-refractivity contribution in [3.63, 3.8) is 0 Å². The Morgan fingerprint density at radius 1 is 1.23 bits per heavy atom. The zero-order valence-corrected chi connectivity index (χ0v) is 18.2. The minimum absolute atomic E-state index is 0.0250. The van der Waals surface area contributed by atoms with E-state index in [1.165, 1.54) is 0 Å². The average Bonchev–Trinajstić information content (AvgIpc) is 3.22. The van der Waals surface area contributed by atoms with Gasteiger partial charge in [0, 0.05) is 19.6 Å². The van der Waals surface area contributed by atoms with Gasteiger partial charge in [0.1, 0.15) is 11.5 Å². The van der Waals surface area contributed by atoms with Crippen LogP contribution in [-0.4, -0.2) is 37.7 Å². The van der Waals surface area contributed by atoms with E-state index >= 15 is 0 Å². The number of ether oxygens (including phenoxy) is 2. The molecule has 158 valence electrons. The number of carbonyl (C=O) groups excluding carboxylic acids is 1. The number of methoxy groups -OCH3 is 1. The Morgan fingerprint density at radius 3 is 2.80 bits per heavy atom. The molecule has 0 unspecified atom stereocenters. The first-order chi connectivity index (χ1) is 14.7. The fourth-order valence-electron chi connectivity index (χ4n) is 3.73. The minimum Gasteiger partial charge on any atom is -0.497 e. The first-order valence-electron chi connectivity index (χ1n) is 10.3. The quantitative estimate of drug-likeness (QED) is 0.614. The summed E-state index contributed by atoms with van der Waals surface area (Å²) in [5, 5.41) is 4.06. The molecule has 0 bridgehead atoms. The van der Waals surface area contributed by atoms with Crippen molar-refractivity contribution >= 4 is 32.6 Å². The van der Waals surface area contributed by atoms with E-state index in [1.807, 2.05) is 49.4 Å². The van der Waals surface area contributed by atoms with Gasteiger partial charge in [-0.25, -0.2) is 4.98 Å². The van der Waals surface area contributed by atoms with E-state index in [2.05, 4.69) is 10.2 Å². The number of nitrogens with one attached hydrogen (secondary N) is 1. The summed E-state index contributed by atoms with van der Waals surface area (Å²) in [6.07, 6.45) is 1.89. The van der Waals surface area contributed by atoms with Gasteiger partial charge in [-0.2, -0.15) is 0 Å². The van der Waals surface area contributed by atoms with Gasteiger partial charge in [-0.15, -0.1) is 0 Å². The van der Waals surface area contributed by atoms with Crippen LogP contribution >= 0.6 is 11.3 Å². The largest absolute Gasteiger partial charge is 0.497 e. The highest BCUT2D eigenvalue weighted by molar-refractivity contribution is 7.22. The predicted molar refractivity (Wildman–Crippen MR) is 121 cm³/mol. The molecule has 0 spiro atoms. The van der Waals surface area contributed by atoms with E-state index in [1.54, 1.807) is 18.4 Å². The monoisotopic (exact) mass is 425 g/mol. The lowest BCUT2D eigenvalue weighted by molar-refractivity contribution is -0.125. The zero-order chi connectivity index (χ0) is 20.9. The summed E-state index contributed by atoms with van der Waals surface area (Å²) in [7, 11) is 1.65. The van der Waals surface area contributed by atoms with Crippen molar-refractivity contribution in [2.24, 2.45) is 5.92 Å². The molecular formula is C23H27N3O3S. The van der Waals surface area contributed by atoms with Crippen LogP contribution in [0.2, 0.25) is 0 Å². The summed E-state index contributed by atoms with van der Waals surface area (Å²) in [5.41, 5.74) is 2.04. The van der Waals surface area contributed by atoms with Crippen LogP contribution in [0.5, 0.6) is 11.5 Å². The van der Waals surface area contributed by atoms with Gasteiger partial charge in [0.05, 0.1) is 29.9 Å². The third-order valence-electron chi connectivity index (χ3n) is 5.35. The SMILES string of the molecule is CCOc1ccc2nc(N3CCC[C@@H](C(=O)NCc4ccc(OC)cc4)C3)sc2c1. The van der Waals surface area contributed by atoms with Crippen molar-refractivity contribution in [3.8, 4) is 11.5 Å². The Morgan fingerprint density at radius 2 is 2.03 bits per heavy atom. The molecule has 1 aromatic heterocycles. The maximum absolute atomic E-state index is 12.8. The van der Waals surface area contributed by atoms with Crippen molar-refractivity contribution < 1.29 is 14.3 Å². The van der Waals surface area contributed by atoms with E-state index in [0.29, 0.717) is 19.7 Å². The predicted octanol–water partition coefficient (Wildman–Crippen LogP) is 4.24. The Bertz CT molecular complexity index is 1000. The molecule has 2 heterocycles. The Labute approximate surface area is 180 Å². The number of thiazole rings is 1. The van der Waals surface area contributed by atoms with Gasteiger partial charge in [0.2, 0.25) is 5.91 Å². The topological polar surface area (TPSA) is 63.7 Å². The van der Waals surface area contributed by atoms with E-state index in [0.717, 1.165) is 51.8 Å². The average molecular weight is 426 g/mol. The molecule has 6 nitrogen and oxygen atoms in total. The first-order valence-corrected chi connectivity index (χ1v) is 11.2. The van der Waals surface area contributed by atoms with Crippen molar-refractivity contribution in [1.82, 2.24) is 10.3 Å². The van der Waals surface area contributed by atoms with E-state index in [-0.39, 0.29) is 11.8 Å². The second-order valence-corrected chi connectivity index (χ2v) is 8.42. The van der Waals surface area contributed by atoms with Crippen LogP contribution in [0.1, 0.15) is 25.3 Å². The molecule has 4 rings (SSSR count). The molecule has 0 radical (unpaired) electrons. The maximum atomic E-state index is 12.8. The Kier molecular flexibility index (Phi) is 6.38. The maximum Gasteiger partial charge on any atom is 0.225 e. The lowest BCUT2D eigenvalue weighted by Gasteiger charge is -2.31. The number of rotatable bonds is 7. The number of hydrogen-bond donors (Lipinski definition) is 1. The van der Waals surface area contributed by atoms with Gasteiger partial charge in [0.15, 0.2) is 5.13 Å². The second-order valence-electron chi connectivity index (χ2n) is 7.41. The number of nitrogens with zero attached hydrogens (tertiary/aromatic N) is 2.